The average molecular weight is 304 g/mol. The van der Waals surface area contributed by atoms with Gasteiger partial charge in [-0.2, -0.15) is 0 Å². The molecule has 2 nitrogen and oxygen atoms in total. The quantitative estimate of drug-likeness (QED) is 0.866. The normalized spacial score (nSPS) is 14.6. The third-order valence-electron chi connectivity index (χ3n) is 2.71. The van der Waals surface area contributed by atoms with E-state index in [0.717, 1.165) is 10.9 Å². The minimum atomic E-state index is -0.174. The first-order valence-electron chi connectivity index (χ1n) is 5.74. The maximum atomic E-state index is 13.6. The van der Waals surface area contributed by atoms with Crippen molar-refractivity contribution in [2.24, 2.45) is 0 Å². The van der Waals surface area contributed by atoms with Crippen LogP contribution in [0.2, 0.25) is 0 Å². The third kappa shape index (κ3) is 4.74. The zero-order valence-corrected chi connectivity index (χ0v) is 12.1. The molecule has 0 radical (unpaired) electrons. The molecule has 0 aliphatic carbocycles. The van der Waals surface area contributed by atoms with Crippen molar-refractivity contribution in [3.63, 3.8) is 0 Å². The molecule has 0 fully saturated rings. The molecule has 0 saturated carbocycles. The van der Waals surface area contributed by atoms with Gasteiger partial charge in [-0.25, -0.2) is 4.39 Å². The number of halogens is 2. The summed E-state index contributed by atoms with van der Waals surface area (Å²) in [6.45, 7) is 4.75. The van der Waals surface area contributed by atoms with Gasteiger partial charge in [0.15, 0.2) is 0 Å². The number of nitrogens with one attached hydrogen (secondary N) is 1. The van der Waals surface area contributed by atoms with Crippen LogP contribution in [0.1, 0.15) is 31.9 Å². The highest BCUT2D eigenvalue weighted by atomic mass is 79.9. The van der Waals surface area contributed by atoms with Crippen molar-refractivity contribution in [2.45, 2.75) is 32.4 Å². The van der Waals surface area contributed by atoms with Gasteiger partial charge in [-0.1, -0.05) is 15.9 Å². The first-order valence-corrected chi connectivity index (χ1v) is 6.53. The van der Waals surface area contributed by atoms with E-state index in [1.54, 1.807) is 13.2 Å². The molecule has 96 valence electrons. The Hall–Kier alpha value is -0.450. The SMILES string of the molecule is COCCC(C)NC(C)c1cc(Br)ccc1F. The largest absolute Gasteiger partial charge is 0.385 e. The highest BCUT2D eigenvalue weighted by Crippen LogP contribution is 2.22. The molecule has 0 heterocycles. The summed E-state index contributed by atoms with van der Waals surface area (Å²) >= 11 is 3.36. The molecule has 2 atom stereocenters. The molecular formula is C13H19BrFNO. The molecule has 0 amide bonds. The molecule has 1 N–H and O–H groups in total. The van der Waals surface area contributed by atoms with Crippen LogP contribution in [0.15, 0.2) is 22.7 Å². The van der Waals surface area contributed by atoms with Crippen LogP contribution in [0.4, 0.5) is 4.39 Å². The van der Waals surface area contributed by atoms with Crippen molar-refractivity contribution in [1.82, 2.24) is 5.32 Å². The van der Waals surface area contributed by atoms with Crippen LogP contribution in [-0.4, -0.2) is 19.8 Å². The van der Waals surface area contributed by atoms with Gasteiger partial charge in [-0.05, 0) is 38.5 Å². The van der Waals surface area contributed by atoms with Crippen molar-refractivity contribution in [3.8, 4) is 0 Å². The third-order valence-corrected chi connectivity index (χ3v) is 3.21. The maximum Gasteiger partial charge on any atom is 0.128 e. The number of methoxy groups -OCH3 is 1. The standard InChI is InChI=1S/C13H19BrFNO/c1-9(6-7-17-3)16-10(2)12-8-11(14)4-5-13(12)15/h4-5,8-10,16H,6-7H2,1-3H3. The lowest BCUT2D eigenvalue weighted by Crippen LogP contribution is -2.30. The Morgan fingerprint density at radius 3 is 2.76 bits per heavy atom. The van der Waals surface area contributed by atoms with Crippen molar-refractivity contribution in [1.29, 1.82) is 0 Å². The molecule has 0 aliphatic rings. The van der Waals surface area contributed by atoms with Crippen LogP contribution in [-0.2, 0) is 4.74 Å². The number of hydrogen-bond donors (Lipinski definition) is 1. The summed E-state index contributed by atoms with van der Waals surface area (Å²) in [4.78, 5) is 0. The summed E-state index contributed by atoms with van der Waals surface area (Å²) < 4.78 is 19.6. The van der Waals surface area contributed by atoms with E-state index < -0.39 is 0 Å². The van der Waals surface area contributed by atoms with Crippen LogP contribution in [0.5, 0.6) is 0 Å². The Balaban J connectivity index is 2.62. The number of rotatable bonds is 6. The summed E-state index contributed by atoms with van der Waals surface area (Å²) in [6.07, 6.45) is 0.913. The lowest BCUT2D eigenvalue weighted by molar-refractivity contribution is 0.183. The van der Waals surface area contributed by atoms with Gasteiger partial charge in [0.2, 0.25) is 0 Å². The average Bonchev–Trinajstić information content (AvgIpc) is 2.29. The van der Waals surface area contributed by atoms with E-state index >= 15 is 0 Å². The van der Waals surface area contributed by atoms with Gasteiger partial charge >= 0.3 is 0 Å². The van der Waals surface area contributed by atoms with Crippen molar-refractivity contribution in [2.75, 3.05) is 13.7 Å². The molecule has 0 aliphatic heterocycles. The Labute approximate surface area is 111 Å². The number of ether oxygens (including phenoxy) is 1. The van der Waals surface area contributed by atoms with Crippen molar-refractivity contribution < 1.29 is 9.13 Å². The topological polar surface area (TPSA) is 21.3 Å². The maximum absolute atomic E-state index is 13.6. The molecule has 0 saturated heterocycles. The van der Waals surface area contributed by atoms with Crippen LogP contribution in [0.25, 0.3) is 0 Å². The Bertz CT molecular complexity index is 359. The fourth-order valence-electron chi connectivity index (χ4n) is 1.74. The predicted octanol–water partition coefficient (Wildman–Crippen LogP) is 3.66. The summed E-state index contributed by atoms with van der Waals surface area (Å²) in [5.74, 6) is -0.174. The van der Waals surface area contributed by atoms with Crippen LogP contribution >= 0.6 is 15.9 Å². The molecule has 0 aromatic heterocycles. The van der Waals surface area contributed by atoms with E-state index in [9.17, 15) is 4.39 Å². The molecule has 1 rings (SSSR count). The van der Waals surface area contributed by atoms with Gasteiger partial charge in [0, 0.05) is 35.8 Å². The van der Waals surface area contributed by atoms with Gasteiger partial charge < -0.3 is 10.1 Å². The monoisotopic (exact) mass is 303 g/mol. The van der Waals surface area contributed by atoms with Gasteiger partial charge in [-0.3, -0.25) is 0 Å². The molecule has 0 spiro atoms. The van der Waals surface area contributed by atoms with E-state index in [1.165, 1.54) is 6.07 Å². The second-order valence-electron chi connectivity index (χ2n) is 4.24. The van der Waals surface area contributed by atoms with Gasteiger partial charge in [0.25, 0.3) is 0 Å². The Morgan fingerprint density at radius 2 is 2.12 bits per heavy atom. The number of benzene rings is 1. The fraction of sp³-hybridized carbons (Fsp3) is 0.538. The van der Waals surface area contributed by atoms with E-state index in [2.05, 4.69) is 28.2 Å². The number of hydrogen-bond acceptors (Lipinski definition) is 2. The summed E-state index contributed by atoms with van der Waals surface area (Å²) in [5, 5.41) is 3.36. The van der Waals surface area contributed by atoms with Gasteiger partial charge in [0.05, 0.1) is 0 Å². The van der Waals surface area contributed by atoms with Gasteiger partial charge in [-0.15, -0.1) is 0 Å². The van der Waals surface area contributed by atoms with Crippen LogP contribution in [0.3, 0.4) is 0 Å². The van der Waals surface area contributed by atoms with Crippen LogP contribution < -0.4 is 5.32 Å². The molecule has 17 heavy (non-hydrogen) atoms. The van der Waals surface area contributed by atoms with E-state index in [4.69, 9.17) is 4.74 Å². The smallest absolute Gasteiger partial charge is 0.128 e. The molecule has 1 aromatic rings. The molecule has 0 bridgehead atoms. The zero-order chi connectivity index (χ0) is 12.8. The Morgan fingerprint density at radius 1 is 1.41 bits per heavy atom. The molecule has 2 unspecified atom stereocenters. The van der Waals surface area contributed by atoms with E-state index in [0.29, 0.717) is 18.2 Å². The second kappa shape index (κ2) is 7.09. The molecular weight excluding hydrogens is 285 g/mol. The fourth-order valence-corrected chi connectivity index (χ4v) is 2.12. The summed E-state index contributed by atoms with van der Waals surface area (Å²) in [5.41, 5.74) is 0.684. The second-order valence-corrected chi connectivity index (χ2v) is 5.15. The van der Waals surface area contributed by atoms with E-state index in [1.807, 2.05) is 13.0 Å². The Kier molecular flexibility index (Phi) is 6.09. The highest BCUT2D eigenvalue weighted by Gasteiger charge is 2.13. The van der Waals surface area contributed by atoms with Crippen molar-refractivity contribution >= 4 is 15.9 Å². The highest BCUT2D eigenvalue weighted by molar-refractivity contribution is 9.10. The minimum absolute atomic E-state index is 0.0145. The first-order chi connectivity index (χ1) is 8.04. The lowest BCUT2D eigenvalue weighted by atomic mass is 10.1. The lowest BCUT2D eigenvalue weighted by Gasteiger charge is -2.20. The summed E-state index contributed by atoms with van der Waals surface area (Å²) in [6, 6.07) is 5.29. The first kappa shape index (κ1) is 14.6. The molecule has 4 heteroatoms. The van der Waals surface area contributed by atoms with Crippen LogP contribution in [0, 0.1) is 5.82 Å². The molecule has 1 aromatic carbocycles. The predicted molar refractivity (Wildman–Crippen MR) is 71.6 cm³/mol. The zero-order valence-electron chi connectivity index (χ0n) is 10.5. The van der Waals surface area contributed by atoms with Gasteiger partial charge in [0.1, 0.15) is 5.82 Å². The van der Waals surface area contributed by atoms with Crippen molar-refractivity contribution in [3.05, 3.63) is 34.1 Å². The minimum Gasteiger partial charge on any atom is -0.385 e. The van der Waals surface area contributed by atoms with E-state index in [-0.39, 0.29) is 11.9 Å². The summed E-state index contributed by atoms with van der Waals surface area (Å²) in [7, 11) is 1.68.